The van der Waals surface area contributed by atoms with Gasteiger partial charge in [0.15, 0.2) is 0 Å². The van der Waals surface area contributed by atoms with Crippen LogP contribution < -0.4 is 9.64 Å². The number of nitrogens with zero attached hydrogens (tertiary/aromatic N) is 3. The van der Waals surface area contributed by atoms with Crippen LogP contribution in [0.2, 0.25) is 0 Å². The number of nitro benzene ring substituents is 2. The lowest BCUT2D eigenvalue weighted by molar-refractivity contribution is -0.385. The molecule has 0 aromatic heterocycles. The van der Waals surface area contributed by atoms with Crippen molar-refractivity contribution >= 4 is 28.9 Å². The van der Waals surface area contributed by atoms with Gasteiger partial charge in [0.05, 0.1) is 26.7 Å². The van der Waals surface area contributed by atoms with Gasteiger partial charge in [-0.15, -0.1) is 0 Å². The summed E-state index contributed by atoms with van der Waals surface area (Å²) in [6.45, 7) is 0. The molecule has 5 rings (SSSR count). The molecule has 0 N–H and O–H groups in total. The van der Waals surface area contributed by atoms with E-state index in [2.05, 4.69) is 0 Å². The molecular formula is C26H15N3O7. The molecule has 36 heavy (non-hydrogen) atoms. The Balaban J connectivity index is 1.36. The van der Waals surface area contributed by atoms with Crippen molar-refractivity contribution in [2.75, 3.05) is 4.90 Å². The summed E-state index contributed by atoms with van der Waals surface area (Å²) in [5.74, 6) is -0.331. The molecule has 4 aromatic rings. The van der Waals surface area contributed by atoms with E-state index >= 15 is 0 Å². The number of hydrogen-bond donors (Lipinski definition) is 0. The first-order chi connectivity index (χ1) is 17.3. The van der Waals surface area contributed by atoms with Crippen LogP contribution in [0.4, 0.5) is 17.1 Å². The van der Waals surface area contributed by atoms with Crippen LogP contribution in [0.15, 0.2) is 91.0 Å². The molecule has 1 aliphatic rings. The highest BCUT2D eigenvalue weighted by atomic mass is 16.6. The topological polar surface area (TPSA) is 133 Å². The second-order valence-electron chi connectivity index (χ2n) is 7.86. The Hall–Kier alpha value is -5.38. The summed E-state index contributed by atoms with van der Waals surface area (Å²) >= 11 is 0. The first-order valence-corrected chi connectivity index (χ1v) is 10.6. The van der Waals surface area contributed by atoms with Gasteiger partial charge in [0, 0.05) is 24.3 Å². The molecule has 10 heteroatoms. The van der Waals surface area contributed by atoms with Crippen molar-refractivity contribution in [2.45, 2.75) is 0 Å². The minimum atomic E-state index is -0.517. The van der Waals surface area contributed by atoms with E-state index in [9.17, 15) is 29.8 Å². The van der Waals surface area contributed by atoms with Gasteiger partial charge in [-0.1, -0.05) is 12.1 Å². The Labute approximate surface area is 203 Å². The zero-order valence-electron chi connectivity index (χ0n) is 18.4. The van der Waals surface area contributed by atoms with Crippen LogP contribution in [0, 0.1) is 20.2 Å². The standard InChI is InChI=1S/C26H15N3O7/c30-25-23-14-13-22(36-21-11-9-20(10-12-21)29(34)35)15-24(23)26(31)27(25)18-5-1-16(2-6-18)17-3-7-19(8-4-17)28(32)33/h1-15H. The number of carbonyl (C=O) groups is 2. The second-order valence-corrected chi connectivity index (χ2v) is 7.86. The maximum Gasteiger partial charge on any atom is 0.269 e. The van der Waals surface area contributed by atoms with Crippen LogP contribution in [0.3, 0.4) is 0 Å². The Morgan fingerprint density at radius 3 is 1.61 bits per heavy atom. The van der Waals surface area contributed by atoms with E-state index in [1.54, 1.807) is 42.5 Å². The lowest BCUT2D eigenvalue weighted by atomic mass is 10.0. The Kier molecular flexibility index (Phi) is 5.46. The molecule has 0 spiro atoms. The lowest BCUT2D eigenvalue weighted by Gasteiger charge is -2.14. The summed E-state index contributed by atoms with van der Waals surface area (Å²) in [6, 6.07) is 22.8. The molecule has 0 radical (unpaired) electrons. The van der Waals surface area contributed by atoms with Crippen molar-refractivity contribution < 1.29 is 24.2 Å². The van der Waals surface area contributed by atoms with Gasteiger partial charge in [0.2, 0.25) is 0 Å². The molecular weight excluding hydrogens is 466 g/mol. The van der Waals surface area contributed by atoms with E-state index in [-0.39, 0.29) is 22.5 Å². The number of nitro groups is 2. The van der Waals surface area contributed by atoms with Crippen LogP contribution in [0.1, 0.15) is 20.7 Å². The molecule has 0 aliphatic carbocycles. The van der Waals surface area contributed by atoms with Crippen LogP contribution in [-0.2, 0) is 0 Å². The lowest BCUT2D eigenvalue weighted by Crippen LogP contribution is -2.29. The number of benzene rings is 4. The van der Waals surface area contributed by atoms with Gasteiger partial charge in [-0.3, -0.25) is 29.8 Å². The van der Waals surface area contributed by atoms with E-state index < -0.39 is 21.7 Å². The highest BCUT2D eigenvalue weighted by Crippen LogP contribution is 2.34. The largest absolute Gasteiger partial charge is 0.457 e. The quantitative estimate of drug-likeness (QED) is 0.194. The summed E-state index contributed by atoms with van der Waals surface area (Å²) in [5.41, 5.74) is 2.22. The Bertz CT molecular complexity index is 1530. The first-order valence-electron chi connectivity index (χ1n) is 10.6. The average Bonchev–Trinajstić information content (AvgIpc) is 3.13. The van der Waals surface area contributed by atoms with Crippen molar-refractivity contribution in [3.05, 3.63) is 122 Å². The van der Waals surface area contributed by atoms with Crippen LogP contribution in [0.25, 0.3) is 11.1 Å². The molecule has 0 saturated heterocycles. The van der Waals surface area contributed by atoms with Crippen molar-refractivity contribution in [1.82, 2.24) is 0 Å². The number of hydrogen-bond acceptors (Lipinski definition) is 7. The minimum absolute atomic E-state index is 0.0154. The third-order valence-electron chi connectivity index (χ3n) is 5.68. The fourth-order valence-electron chi connectivity index (χ4n) is 3.87. The number of imide groups is 1. The molecule has 10 nitrogen and oxygen atoms in total. The predicted molar refractivity (Wildman–Crippen MR) is 129 cm³/mol. The third-order valence-corrected chi connectivity index (χ3v) is 5.68. The fourth-order valence-corrected chi connectivity index (χ4v) is 3.87. The summed E-state index contributed by atoms with van der Waals surface area (Å²) in [4.78, 5) is 47.8. The maximum absolute atomic E-state index is 13.1. The highest BCUT2D eigenvalue weighted by Gasteiger charge is 2.37. The molecule has 0 fully saturated rings. The van der Waals surface area contributed by atoms with E-state index in [1.807, 2.05) is 0 Å². The minimum Gasteiger partial charge on any atom is -0.457 e. The monoisotopic (exact) mass is 481 g/mol. The normalized spacial score (nSPS) is 12.4. The van der Waals surface area contributed by atoms with Crippen molar-refractivity contribution in [3.8, 4) is 22.6 Å². The number of fused-ring (bicyclic) bond motifs is 1. The molecule has 176 valence electrons. The van der Waals surface area contributed by atoms with E-state index in [0.29, 0.717) is 17.2 Å². The summed E-state index contributed by atoms with van der Waals surface area (Å²) in [6.07, 6.45) is 0. The van der Waals surface area contributed by atoms with Crippen molar-refractivity contribution in [1.29, 1.82) is 0 Å². The highest BCUT2D eigenvalue weighted by molar-refractivity contribution is 6.34. The van der Waals surface area contributed by atoms with Gasteiger partial charge in [-0.05, 0) is 65.7 Å². The van der Waals surface area contributed by atoms with Gasteiger partial charge < -0.3 is 4.74 Å². The van der Waals surface area contributed by atoms with Gasteiger partial charge in [-0.25, -0.2) is 4.90 Å². The predicted octanol–water partition coefficient (Wildman–Crippen LogP) is 5.76. The number of non-ortho nitro benzene ring substituents is 2. The molecule has 0 atom stereocenters. The molecule has 0 unspecified atom stereocenters. The molecule has 1 heterocycles. The number of rotatable bonds is 6. The zero-order chi connectivity index (χ0) is 25.4. The molecule has 4 aromatic carbocycles. The maximum atomic E-state index is 13.1. The van der Waals surface area contributed by atoms with Crippen LogP contribution in [0.5, 0.6) is 11.5 Å². The summed E-state index contributed by atoms with van der Waals surface area (Å²) in [5, 5.41) is 21.7. The summed E-state index contributed by atoms with van der Waals surface area (Å²) in [7, 11) is 0. The van der Waals surface area contributed by atoms with Crippen molar-refractivity contribution in [3.63, 3.8) is 0 Å². The van der Waals surface area contributed by atoms with E-state index in [1.165, 1.54) is 48.5 Å². The number of carbonyl (C=O) groups excluding carboxylic acids is 2. The van der Waals surface area contributed by atoms with Gasteiger partial charge in [-0.2, -0.15) is 0 Å². The zero-order valence-corrected chi connectivity index (χ0v) is 18.4. The van der Waals surface area contributed by atoms with Gasteiger partial charge in [0.1, 0.15) is 11.5 Å². The smallest absolute Gasteiger partial charge is 0.269 e. The molecule has 0 bridgehead atoms. The van der Waals surface area contributed by atoms with Crippen LogP contribution >= 0.6 is 0 Å². The Morgan fingerprint density at radius 2 is 1.06 bits per heavy atom. The second kappa shape index (κ2) is 8.76. The average molecular weight is 481 g/mol. The van der Waals surface area contributed by atoms with Crippen LogP contribution in [-0.4, -0.2) is 21.7 Å². The van der Waals surface area contributed by atoms with Gasteiger partial charge in [0.25, 0.3) is 23.2 Å². The number of ether oxygens (including phenoxy) is 1. The first kappa shape index (κ1) is 22.4. The third kappa shape index (κ3) is 4.03. The van der Waals surface area contributed by atoms with Crippen molar-refractivity contribution in [2.24, 2.45) is 0 Å². The van der Waals surface area contributed by atoms with E-state index in [4.69, 9.17) is 4.74 Å². The Morgan fingerprint density at radius 1 is 0.583 bits per heavy atom. The fraction of sp³-hybridized carbons (Fsp3) is 0. The number of amides is 2. The van der Waals surface area contributed by atoms with E-state index in [0.717, 1.165) is 16.0 Å². The number of anilines is 1. The molecule has 1 aliphatic heterocycles. The molecule has 2 amide bonds. The summed E-state index contributed by atoms with van der Waals surface area (Å²) < 4.78 is 5.70. The SMILES string of the molecule is O=C1c2ccc(Oc3ccc([N+](=O)[O-])cc3)cc2C(=O)N1c1ccc(-c2ccc([N+](=O)[O-])cc2)cc1. The molecule has 0 saturated carbocycles. The van der Waals surface area contributed by atoms with Gasteiger partial charge >= 0.3 is 0 Å².